The first-order chi connectivity index (χ1) is 17.1. The highest BCUT2D eigenvalue weighted by Crippen LogP contribution is 2.73. The highest BCUT2D eigenvalue weighted by molar-refractivity contribution is 5.78. The second kappa shape index (κ2) is 8.58. The van der Waals surface area contributed by atoms with Crippen molar-refractivity contribution < 1.29 is 14.6 Å². The predicted octanol–water partition coefficient (Wildman–Crippen LogP) is 7.56. The Bertz CT molecular complexity index is 986. The number of esters is 1. The lowest BCUT2D eigenvalue weighted by atomic mass is 9.36. The van der Waals surface area contributed by atoms with E-state index in [1.165, 1.54) is 51.4 Å². The molecule has 5 fully saturated rings. The summed E-state index contributed by atoms with van der Waals surface area (Å²) in [6.45, 7) is 10.3. The van der Waals surface area contributed by atoms with Crippen molar-refractivity contribution in [1.82, 2.24) is 0 Å². The first-order valence-corrected chi connectivity index (χ1v) is 15.0. The van der Waals surface area contributed by atoms with E-state index in [9.17, 15) is 9.90 Å². The smallest absolute Gasteiger partial charge is 0.312 e. The molecule has 5 saturated carbocycles. The molecule has 198 valence electrons. The Hall–Kier alpha value is -1.35. The van der Waals surface area contributed by atoms with E-state index in [-0.39, 0.29) is 22.9 Å². The van der Waals surface area contributed by atoms with E-state index in [0.29, 0.717) is 35.2 Å². The molecule has 0 aliphatic heterocycles. The van der Waals surface area contributed by atoms with E-state index in [1.807, 2.05) is 18.2 Å². The van der Waals surface area contributed by atoms with Crippen molar-refractivity contribution in [2.75, 3.05) is 0 Å². The Morgan fingerprint density at radius 2 is 1.58 bits per heavy atom. The van der Waals surface area contributed by atoms with Crippen LogP contribution in [0.1, 0.15) is 104 Å². The Labute approximate surface area is 218 Å². The van der Waals surface area contributed by atoms with Crippen molar-refractivity contribution in [2.24, 2.45) is 51.2 Å². The van der Waals surface area contributed by atoms with Crippen LogP contribution in [0.4, 0.5) is 0 Å². The molecule has 3 nitrogen and oxygen atoms in total. The number of fused-ring (bicyclic) bond motifs is 7. The molecule has 0 aromatic heterocycles. The van der Waals surface area contributed by atoms with Crippen LogP contribution in [0.3, 0.4) is 0 Å². The van der Waals surface area contributed by atoms with Gasteiger partial charge in [0, 0.05) is 0 Å². The fourth-order valence-electron chi connectivity index (χ4n) is 11.4. The van der Waals surface area contributed by atoms with E-state index in [1.54, 1.807) is 0 Å². The monoisotopic (exact) mass is 492 g/mol. The van der Waals surface area contributed by atoms with Gasteiger partial charge in [0.2, 0.25) is 0 Å². The lowest BCUT2D eigenvalue weighted by Gasteiger charge is -2.69. The molecule has 0 saturated heterocycles. The van der Waals surface area contributed by atoms with Gasteiger partial charge in [-0.05, 0) is 116 Å². The number of aliphatic hydroxyl groups is 1. The minimum Gasteiger partial charge on any atom is -0.460 e. The number of ether oxygens (including phenoxy) is 1. The molecule has 0 bridgehead atoms. The predicted molar refractivity (Wildman–Crippen MR) is 143 cm³/mol. The highest BCUT2D eigenvalue weighted by Gasteiger charge is 2.67. The van der Waals surface area contributed by atoms with Crippen molar-refractivity contribution in [3.05, 3.63) is 35.9 Å². The van der Waals surface area contributed by atoms with Crippen LogP contribution in [0.2, 0.25) is 0 Å². The van der Waals surface area contributed by atoms with Crippen LogP contribution in [0.15, 0.2) is 30.3 Å². The Morgan fingerprint density at radius 1 is 0.833 bits per heavy atom. The van der Waals surface area contributed by atoms with Gasteiger partial charge in [0.15, 0.2) is 0 Å². The Kier molecular flexibility index (Phi) is 5.95. The number of carbonyl (C=O) groups excluding carboxylic acids is 1. The maximum Gasteiger partial charge on any atom is 0.312 e. The Morgan fingerprint density at radius 3 is 2.36 bits per heavy atom. The zero-order chi connectivity index (χ0) is 25.3. The van der Waals surface area contributed by atoms with Crippen LogP contribution in [0.5, 0.6) is 0 Å². The second-order valence-electron chi connectivity index (χ2n) is 14.6. The van der Waals surface area contributed by atoms with Gasteiger partial charge in [-0.3, -0.25) is 4.79 Å². The lowest BCUT2D eigenvalue weighted by molar-refractivity contribution is -0.217. The second-order valence-corrected chi connectivity index (χ2v) is 14.6. The summed E-state index contributed by atoms with van der Waals surface area (Å²) in [7, 11) is 0. The maximum atomic E-state index is 13.7. The van der Waals surface area contributed by atoms with Gasteiger partial charge >= 0.3 is 5.97 Å². The lowest BCUT2D eigenvalue weighted by Crippen LogP contribution is -2.63. The molecule has 3 heteroatoms. The van der Waals surface area contributed by atoms with E-state index < -0.39 is 0 Å². The minimum atomic E-state index is -0.239. The molecule has 0 amide bonds. The van der Waals surface area contributed by atoms with Gasteiger partial charge in [-0.1, -0.05) is 64.4 Å². The molecule has 1 aromatic carbocycles. The van der Waals surface area contributed by atoms with Crippen LogP contribution in [-0.2, 0) is 16.1 Å². The molecule has 6 rings (SSSR count). The first kappa shape index (κ1) is 25.0. The summed E-state index contributed by atoms with van der Waals surface area (Å²) in [6.07, 6.45) is 12.8. The Balaban J connectivity index is 1.24. The summed E-state index contributed by atoms with van der Waals surface area (Å²) in [4.78, 5) is 13.7. The van der Waals surface area contributed by atoms with Crippen LogP contribution >= 0.6 is 0 Å². The zero-order valence-electron chi connectivity index (χ0n) is 23.1. The standard InChI is InChI=1S/C33H48O3/c1-30(2)26-15-18-31(3)24-14-20-33(29(35)36-21-22-9-6-5-7-10-22)17-8-11-25(33)23(24)12-13-27(31)32(26,4)19-16-28(30)34/h5-7,9-10,23-28,34H,8,11-21H2,1-4H3/t23-,24?,25+,26?,27?,28-,31-,32-,33-/m0/s1. The van der Waals surface area contributed by atoms with E-state index >= 15 is 0 Å². The molecular formula is C33H48O3. The number of aliphatic hydroxyl groups excluding tert-OH is 1. The van der Waals surface area contributed by atoms with Crippen molar-refractivity contribution in [3.8, 4) is 0 Å². The van der Waals surface area contributed by atoms with Gasteiger partial charge in [0.25, 0.3) is 0 Å². The summed E-state index contributed by atoms with van der Waals surface area (Å²) in [5.41, 5.74) is 1.57. The molecule has 1 aromatic rings. The topological polar surface area (TPSA) is 46.5 Å². The summed E-state index contributed by atoms with van der Waals surface area (Å²) in [6, 6.07) is 10.2. The number of benzene rings is 1. The molecule has 0 spiro atoms. The average Bonchev–Trinajstić information content (AvgIpc) is 3.31. The van der Waals surface area contributed by atoms with Gasteiger partial charge < -0.3 is 9.84 Å². The summed E-state index contributed by atoms with van der Waals surface area (Å²) in [5.74, 6) is 3.38. The largest absolute Gasteiger partial charge is 0.460 e. The van der Waals surface area contributed by atoms with Crippen LogP contribution in [-0.4, -0.2) is 17.2 Å². The van der Waals surface area contributed by atoms with Gasteiger partial charge in [-0.25, -0.2) is 0 Å². The number of carbonyl (C=O) groups is 1. The molecule has 1 N–H and O–H groups in total. The maximum absolute atomic E-state index is 13.7. The fraction of sp³-hybridized carbons (Fsp3) is 0.788. The van der Waals surface area contributed by atoms with Crippen molar-refractivity contribution >= 4 is 5.97 Å². The average molecular weight is 493 g/mol. The summed E-state index contributed by atoms with van der Waals surface area (Å²) < 4.78 is 6.04. The number of rotatable bonds is 3. The zero-order valence-corrected chi connectivity index (χ0v) is 23.1. The van der Waals surface area contributed by atoms with Crippen LogP contribution < -0.4 is 0 Å². The van der Waals surface area contributed by atoms with Crippen molar-refractivity contribution in [3.63, 3.8) is 0 Å². The molecule has 0 heterocycles. The molecule has 5 aliphatic rings. The van der Waals surface area contributed by atoms with E-state index in [2.05, 4.69) is 39.8 Å². The molecular weight excluding hydrogens is 444 g/mol. The highest BCUT2D eigenvalue weighted by atomic mass is 16.5. The molecule has 36 heavy (non-hydrogen) atoms. The van der Waals surface area contributed by atoms with E-state index in [4.69, 9.17) is 4.74 Å². The molecule has 0 radical (unpaired) electrons. The fourth-order valence-corrected chi connectivity index (χ4v) is 11.4. The minimum absolute atomic E-state index is 0.0147. The van der Waals surface area contributed by atoms with Crippen molar-refractivity contribution in [1.29, 1.82) is 0 Å². The van der Waals surface area contributed by atoms with Gasteiger partial charge in [0.05, 0.1) is 11.5 Å². The van der Waals surface area contributed by atoms with E-state index in [0.717, 1.165) is 36.7 Å². The summed E-state index contributed by atoms with van der Waals surface area (Å²) >= 11 is 0. The number of hydrogen-bond donors (Lipinski definition) is 1. The number of hydrogen-bond acceptors (Lipinski definition) is 3. The normalized spacial score (nSPS) is 47.1. The molecule has 5 aliphatic carbocycles. The SMILES string of the molecule is CC1(C)C2CC[C@@]3(C)C4CC[C@@]5(C(=O)OCc6ccccc6)CCC[C@@H]5[C@H]4CCC3[C@@]2(C)CC[C@@H]1O. The van der Waals surface area contributed by atoms with Gasteiger partial charge in [-0.2, -0.15) is 0 Å². The first-order valence-electron chi connectivity index (χ1n) is 15.0. The van der Waals surface area contributed by atoms with Gasteiger partial charge in [0.1, 0.15) is 6.61 Å². The van der Waals surface area contributed by atoms with Gasteiger partial charge in [-0.15, -0.1) is 0 Å². The third kappa shape index (κ3) is 3.43. The molecule has 9 atom stereocenters. The third-order valence-corrected chi connectivity index (χ3v) is 13.1. The third-order valence-electron chi connectivity index (χ3n) is 13.1. The molecule has 3 unspecified atom stereocenters. The quantitative estimate of drug-likeness (QED) is 0.443. The van der Waals surface area contributed by atoms with Crippen LogP contribution in [0, 0.1) is 51.2 Å². The van der Waals surface area contributed by atoms with Crippen molar-refractivity contribution in [2.45, 2.75) is 111 Å². The van der Waals surface area contributed by atoms with Crippen LogP contribution in [0.25, 0.3) is 0 Å². The summed E-state index contributed by atoms with van der Waals surface area (Å²) in [5, 5.41) is 10.9.